The van der Waals surface area contributed by atoms with Gasteiger partial charge in [0.15, 0.2) is 5.82 Å². The summed E-state index contributed by atoms with van der Waals surface area (Å²) in [5.41, 5.74) is 1.57. The number of carboxylic acid groups (broad SMARTS) is 1. The molecule has 0 saturated carbocycles. The highest BCUT2D eigenvalue weighted by molar-refractivity contribution is 5.88. The molecule has 0 saturated heterocycles. The van der Waals surface area contributed by atoms with Crippen molar-refractivity contribution in [1.82, 2.24) is 19.0 Å². The van der Waals surface area contributed by atoms with E-state index in [2.05, 4.69) is 15.2 Å². The van der Waals surface area contributed by atoms with Gasteiger partial charge in [0, 0.05) is 62.1 Å². The fourth-order valence-electron chi connectivity index (χ4n) is 5.18. The van der Waals surface area contributed by atoms with E-state index in [4.69, 9.17) is 5.11 Å². The summed E-state index contributed by atoms with van der Waals surface area (Å²) in [6, 6.07) is 6.32. The van der Waals surface area contributed by atoms with Crippen LogP contribution >= 0.6 is 0 Å². The van der Waals surface area contributed by atoms with Gasteiger partial charge in [0.25, 0.3) is 5.56 Å². The van der Waals surface area contributed by atoms with E-state index in [-0.39, 0.29) is 17.3 Å². The van der Waals surface area contributed by atoms with E-state index < -0.39 is 34.5 Å². The van der Waals surface area contributed by atoms with Crippen molar-refractivity contribution in [2.45, 2.75) is 19.4 Å². The number of aromatic nitrogens is 3. The third-order valence-electron chi connectivity index (χ3n) is 7.30. The van der Waals surface area contributed by atoms with Gasteiger partial charge in [-0.15, -0.1) is 0 Å². The number of aryl methyl sites for hydroxylation is 1. The number of anilines is 1. The molecule has 202 valence electrons. The molecule has 0 aliphatic carbocycles. The zero-order valence-electron chi connectivity index (χ0n) is 21.5. The average Bonchev–Trinajstić information content (AvgIpc) is 3.25. The molecule has 0 amide bonds. The van der Waals surface area contributed by atoms with Gasteiger partial charge < -0.3 is 15.0 Å². The quantitative estimate of drug-likeness (QED) is 0.370. The number of fused-ring (bicyclic) bond motifs is 1. The van der Waals surface area contributed by atoms with Crippen LogP contribution in [0.15, 0.2) is 53.6 Å². The summed E-state index contributed by atoms with van der Waals surface area (Å²) in [4.78, 5) is 30.5. The van der Waals surface area contributed by atoms with E-state index in [9.17, 15) is 22.8 Å². The van der Waals surface area contributed by atoms with Crippen molar-refractivity contribution < 1.29 is 23.1 Å². The molecule has 1 aliphatic rings. The summed E-state index contributed by atoms with van der Waals surface area (Å²) >= 11 is 0. The summed E-state index contributed by atoms with van der Waals surface area (Å²) in [6.07, 6.45) is 4.83. The minimum absolute atomic E-state index is 0.110. The number of hydrogen-bond donors (Lipinski definition) is 2. The third kappa shape index (κ3) is 4.59. The summed E-state index contributed by atoms with van der Waals surface area (Å²) < 4.78 is 46.9. The van der Waals surface area contributed by atoms with Crippen LogP contribution in [-0.2, 0) is 7.05 Å². The fourth-order valence-corrected chi connectivity index (χ4v) is 5.18. The second-order valence-electron chi connectivity index (χ2n) is 9.46. The van der Waals surface area contributed by atoms with Gasteiger partial charge >= 0.3 is 5.97 Å². The van der Waals surface area contributed by atoms with Crippen LogP contribution in [0, 0.1) is 17.5 Å². The maximum Gasteiger partial charge on any atom is 0.335 e. The summed E-state index contributed by atoms with van der Waals surface area (Å²) in [5.74, 6) is -3.76. The van der Waals surface area contributed by atoms with Crippen molar-refractivity contribution in [2.24, 2.45) is 7.05 Å². The lowest BCUT2D eigenvalue weighted by Gasteiger charge is -2.32. The van der Waals surface area contributed by atoms with Gasteiger partial charge in [-0.25, -0.2) is 22.9 Å². The third-order valence-corrected chi connectivity index (χ3v) is 7.30. The van der Waals surface area contributed by atoms with Gasteiger partial charge in [0.05, 0.1) is 23.1 Å². The first-order valence-electron chi connectivity index (χ1n) is 12.3. The Labute approximate surface area is 221 Å². The Bertz CT molecular complexity index is 1690. The molecule has 2 N–H and O–H groups in total. The van der Waals surface area contributed by atoms with Crippen molar-refractivity contribution in [3.05, 3.63) is 93.4 Å². The van der Waals surface area contributed by atoms with Crippen LogP contribution in [0.2, 0.25) is 0 Å². The average molecular weight is 538 g/mol. The van der Waals surface area contributed by atoms with Crippen LogP contribution in [0.1, 0.15) is 41.0 Å². The number of aromatic carboxylic acids is 1. The van der Waals surface area contributed by atoms with E-state index in [1.165, 1.54) is 10.6 Å². The molecule has 0 unspecified atom stereocenters. The minimum Gasteiger partial charge on any atom is -0.478 e. The second kappa shape index (κ2) is 10.1. The highest BCUT2D eigenvalue weighted by atomic mass is 19.1. The van der Waals surface area contributed by atoms with Gasteiger partial charge in [-0.2, -0.15) is 0 Å². The molecular formula is C28H26F3N5O3. The van der Waals surface area contributed by atoms with Crippen LogP contribution < -0.4 is 10.9 Å². The predicted molar refractivity (Wildman–Crippen MR) is 142 cm³/mol. The number of halogens is 3. The van der Waals surface area contributed by atoms with Crippen LogP contribution in [0.3, 0.4) is 0 Å². The van der Waals surface area contributed by atoms with Gasteiger partial charge in [0.2, 0.25) is 0 Å². The first kappa shape index (κ1) is 26.2. The molecule has 11 heteroatoms. The first-order valence-corrected chi connectivity index (χ1v) is 12.3. The molecular weight excluding hydrogens is 511 g/mol. The number of hydrogen-bond acceptors (Lipinski definition) is 5. The molecule has 1 aliphatic heterocycles. The highest BCUT2D eigenvalue weighted by Crippen LogP contribution is 2.33. The van der Waals surface area contributed by atoms with Crippen molar-refractivity contribution in [3.63, 3.8) is 0 Å². The van der Waals surface area contributed by atoms with E-state index in [1.807, 2.05) is 24.6 Å². The number of pyridine rings is 2. The van der Waals surface area contributed by atoms with E-state index >= 15 is 0 Å². The maximum atomic E-state index is 14.6. The topological polar surface area (TPSA) is 92.4 Å². The number of carbonyl (C=O) groups is 1. The second-order valence-corrected chi connectivity index (χ2v) is 9.46. The van der Waals surface area contributed by atoms with Gasteiger partial charge in [-0.1, -0.05) is 6.08 Å². The van der Waals surface area contributed by atoms with Gasteiger partial charge in [-0.05, 0) is 43.2 Å². The Kier molecular flexibility index (Phi) is 6.77. The smallest absolute Gasteiger partial charge is 0.335 e. The zero-order valence-corrected chi connectivity index (χ0v) is 21.5. The zero-order chi connectivity index (χ0) is 28.0. The lowest BCUT2D eigenvalue weighted by atomic mass is 9.96. The summed E-state index contributed by atoms with van der Waals surface area (Å²) in [7, 11) is 3.40. The van der Waals surface area contributed by atoms with Crippen LogP contribution in [-0.4, -0.2) is 50.2 Å². The molecule has 1 atom stereocenters. The van der Waals surface area contributed by atoms with Crippen molar-refractivity contribution in [3.8, 4) is 5.69 Å². The normalized spacial score (nSPS) is 14.9. The molecule has 0 bridgehead atoms. The number of benzene rings is 1. The molecule has 0 fully saturated rings. The number of rotatable bonds is 6. The SMILES string of the molecule is CNc1cc(=O)n(-c2ccnc3c2cc([C@H](C)N2CC=C(c4c(F)cc(C(=O)O)cc4F)CC2)n3C)cc1F. The first-order chi connectivity index (χ1) is 18.6. The minimum atomic E-state index is -1.39. The standard InChI is InChI=1S/C28H26F3N5O3/c1-15(35-8-5-16(6-9-35)26-19(29)10-17(28(38)39)11-20(26)30)24-12-18-23(4-7-33-27(18)34(24)3)36-14-21(31)22(32-2)13-25(36)37/h4-5,7,10-15,32H,6,8-9H2,1-3H3,(H,38,39)/t15-/m0/s1. The number of carboxylic acids is 1. The molecule has 4 aromatic rings. The fraction of sp³-hybridized carbons (Fsp3) is 0.250. The number of nitrogens with zero attached hydrogens (tertiary/aromatic N) is 4. The summed E-state index contributed by atoms with van der Waals surface area (Å²) in [6.45, 7) is 2.92. The Morgan fingerprint density at radius 3 is 2.46 bits per heavy atom. The van der Waals surface area contributed by atoms with E-state index in [0.29, 0.717) is 41.8 Å². The van der Waals surface area contributed by atoms with Gasteiger partial charge in [-0.3, -0.25) is 14.3 Å². The Balaban J connectivity index is 1.46. The molecule has 8 nitrogen and oxygen atoms in total. The highest BCUT2D eigenvalue weighted by Gasteiger charge is 2.26. The van der Waals surface area contributed by atoms with Crippen molar-refractivity contribution in [1.29, 1.82) is 0 Å². The molecule has 4 heterocycles. The Morgan fingerprint density at radius 1 is 1.13 bits per heavy atom. The van der Waals surface area contributed by atoms with Crippen LogP contribution in [0.25, 0.3) is 22.3 Å². The van der Waals surface area contributed by atoms with E-state index in [0.717, 1.165) is 24.0 Å². The van der Waals surface area contributed by atoms with E-state index in [1.54, 1.807) is 25.4 Å². The van der Waals surface area contributed by atoms with Gasteiger partial charge in [0.1, 0.15) is 17.3 Å². The lowest BCUT2D eigenvalue weighted by Crippen LogP contribution is -2.32. The maximum absolute atomic E-state index is 14.6. The Hall–Kier alpha value is -4.38. The molecule has 0 spiro atoms. The monoisotopic (exact) mass is 537 g/mol. The largest absolute Gasteiger partial charge is 0.478 e. The molecule has 3 aromatic heterocycles. The molecule has 0 radical (unpaired) electrons. The molecule has 5 rings (SSSR count). The van der Waals surface area contributed by atoms with Crippen LogP contribution in [0.5, 0.6) is 0 Å². The lowest BCUT2D eigenvalue weighted by molar-refractivity contribution is 0.0695. The predicted octanol–water partition coefficient (Wildman–Crippen LogP) is 4.73. The van der Waals surface area contributed by atoms with Crippen molar-refractivity contribution in [2.75, 3.05) is 25.5 Å². The Morgan fingerprint density at radius 2 is 1.85 bits per heavy atom. The number of nitrogens with one attached hydrogen (secondary N) is 1. The van der Waals surface area contributed by atoms with Crippen LogP contribution in [0.4, 0.5) is 18.9 Å². The summed E-state index contributed by atoms with van der Waals surface area (Å²) in [5, 5.41) is 12.4. The van der Waals surface area contributed by atoms with Crippen molar-refractivity contribution >= 4 is 28.3 Å². The molecule has 1 aromatic carbocycles. The molecule has 39 heavy (non-hydrogen) atoms.